The highest BCUT2D eigenvalue weighted by atomic mass is 15.1. The Bertz CT molecular complexity index is 443. The van der Waals surface area contributed by atoms with E-state index in [1.807, 2.05) is 0 Å². The van der Waals surface area contributed by atoms with Crippen molar-refractivity contribution in [2.75, 3.05) is 23.3 Å². The van der Waals surface area contributed by atoms with Crippen LogP contribution in [0.5, 0.6) is 0 Å². The molecule has 1 saturated carbocycles. The molecule has 2 heteroatoms. The quantitative estimate of drug-likeness (QED) is 0.781. The van der Waals surface area contributed by atoms with Gasteiger partial charge >= 0.3 is 0 Å². The van der Waals surface area contributed by atoms with Crippen molar-refractivity contribution in [1.29, 1.82) is 0 Å². The molecular weight excluding hydrogens is 256 g/mol. The normalized spacial score (nSPS) is 25.6. The van der Waals surface area contributed by atoms with Gasteiger partial charge in [-0.05, 0) is 68.2 Å². The van der Waals surface area contributed by atoms with Crippen LogP contribution in [-0.2, 0) is 0 Å². The van der Waals surface area contributed by atoms with E-state index in [-0.39, 0.29) is 0 Å². The predicted octanol–water partition coefficient (Wildman–Crippen LogP) is 5.06. The minimum atomic E-state index is 0.538. The van der Waals surface area contributed by atoms with Gasteiger partial charge in [-0.2, -0.15) is 0 Å². The second-order valence-corrected chi connectivity index (χ2v) is 7.68. The molecule has 1 N–H and O–H groups in total. The first kappa shape index (κ1) is 14.7. The number of nitrogens with zero attached hydrogens (tertiary/aromatic N) is 1. The molecule has 0 aromatic heterocycles. The fraction of sp³-hybridized carbons (Fsp3) is 0.684. The Kier molecular flexibility index (Phi) is 4.42. The molecule has 2 fully saturated rings. The van der Waals surface area contributed by atoms with Crippen LogP contribution in [0.2, 0.25) is 0 Å². The van der Waals surface area contributed by atoms with Gasteiger partial charge in [-0.25, -0.2) is 0 Å². The zero-order valence-electron chi connectivity index (χ0n) is 13.7. The third kappa shape index (κ3) is 3.93. The Hall–Kier alpha value is -1.18. The molecule has 0 radical (unpaired) electrons. The van der Waals surface area contributed by atoms with Crippen LogP contribution in [0.3, 0.4) is 0 Å². The molecule has 1 aromatic carbocycles. The predicted molar refractivity (Wildman–Crippen MR) is 92.2 cm³/mol. The minimum absolute atomic E-state index is 0.538. The average molecular weight is 286 g/mol. The highest BCUT2D eigenvalue weighted by Crippen LogP contribution is 2.34. The average Bonchev–Trinajstić information content (AvgIpc) is 2.94. The summed E-state index contributed by atoms with van der Waals surface area (Å²) in [5.41, 5.74) is 3.22. The van der Waals surface area contributed by atoms with Gasteiger partial charge in [0.15, 0.2) is 0 Å². The summed E-state index contributed by atoms with van der Waals surface area (Å²) in [6.45, 7) is 7.29. The molecule has 0 amide bonds. The van der Waals surface area contributed by atoms with Gasteiger partial charge in [0.05, 0.1) is 0 Å². The number of hydrogen-bond acceptors (Lipinski definition) is 2. The summed E-state index contributed by atoms with van der Waals surface area (Å²) < 4.78 is 0. The Morgan fingerprint density at radius 2 is 1.67 bits per heavy atom. The number of rotatable bonds is 3. The largest absolute Gasteiger partial charge is 0.382 e. The van der Waals surface area contributed by atoms with Gasteiger partial charge in [0.25, 0.3) is 0 Å². The standard InChI is InChI=1S/C19H30N2/c1-19(2)12-5-6-16(11-13-19)20-17-7-9-18(10-8-17)21-14-3-4-15-21/h7-10,16,20H,3-6,11-15H2,1-2H3. The van der Waals surface area contributed by atoms with Gasteiger partial charge in [0.1, 0.15) is 0 Å². The van der Waals surface area contributed by atoms with E-state index in [0.717, 1.165) is 0 Å². The molecule has 1 unspecified atom stereocenters. The summed E-state index contributed by atoms with van der Waals surface area (Å²) in [6.07, 6.45) is 9.39. The monoisotopic (exact) mass is 286 g/mol. The van der Waals surface area contributed by atoms with Crippen LogP contribution in [0.15, 0.2) is 24.3 Å². The van der Waals surface area contributed by atoms with E-state index in [9.17, 15) is 0 Å². The maximum atomic E-state index is 3.76. The van der Waals surface area contributed by atoms with Crippen molar-refractivity contribution in [2.24, 2.45) is 5.41 Å². The molecule has 116 valence electrons. The van der Waals surface area contributed by atoms with Gasteiger partial charge in [-0.15, -0.1) is 0 Å². The lowest BCUT2D eigenvalue weighted by Gasteiger charge is -2.23. The van der Waals surface area contributed by atoms with Crippen molar-refractivity contribution in [3.8, 4) is 0 Å². The first-order chi connectivity index (χ1) is 10.1. The third-order valence-electron chi connectivity index (χ3n) is 5.29. The Morgan fingerprint density at radius 3 is 2.38 bits per heavy atom. The molecule has 1 aliphatic carbocycles. The summed E-state index contributed by atoms with van der Waals surface area (Å²) in [4.78, 5) is 2.50. The molecule has 1 saturated heterocycles. The van der Waals surface area contributed by atoms with Crippen molar-refractivity contribution < 1.29 is 0 Å². The number of benzene rings is 1. The van der Waals surface area contributed by atoms with E-state index in [4.69, 9.17) is 0 Å². The smallest absolute Gasteiger partial charge is 0.0367 e. The zero-order chi connectivity index (χ0) is 14.7. The van der Waals surface area contributed by atoms with Crippen molar-refractivity contribution in [1.82, 2.24) is 0 Å². The zero-order valence-corrected chi connectivity index (χ0v) is 13.7. The van der Waals surface area contributed by atoms with Crippen LogP contribution in [0.1, 0.15) is 58.8 Å². The lowest BCUT2D eigenvalue weighted by Crippen LogP contribution is -2.20. The molecule has 2 aliphatic rings. The second-order valence-electron chi connectivity index (χ2n) is 7.68. The molecular formula is C19H30N2. The van der Waals surface area contributed by atoms with Crippen molar-refractivity contribution in [2.45, 2.75) is 64.8 Å². The first-order valence-corrected chi connectivity index (χ1v) is 8.74. The lowest BCUT2D eigenvalue weighted by atomic mass is 9.85. The molecule has 2 nitrogen and oxygen atoms in total. The number of nitrogens with one attached hydrogen (secondary N) is 1. The van der Waals surface area contributed by atoms with E-state index < -0.39 is 0 Å². The van der Waals surface area contributed by atoms with Crippen LogP contribution in [0, 0.1) is 5.41 Å². The number of hydrogen-bond donors (Lipinski definition) is 1. The Labute approximate surface area is 129 Å². The van der Waals surface area contributed by atoms with E-state index >= 15 is 0 Å². The maximum Gasteiger partial charge on any atom is 0.0367 e. The summed E-state index contributed by atoms with van der Waals surface area (Å²) in [7, 11) is 0. The molecule has 0 spiro atoms. The number of anilines is 2. The SMILES string of the molecule is CC1(C)CCCC(Nc2ccc(N3CCCC3)cc2)CC1. The summed E-state index contributed by atoms with van der Waals surface area (Å²) in [5, 5.41) is 3.76. The fourth-order valence-electron chi connectivity index (χ4n) is 3.79. The summed E-state index contributed by atoms with van der Waals surface area (Å²) in [6, 6.07) is 9.76. The van der Waals surface area contributed by atoms with Gasteiger partial charge in [0.2, 0.25) is 0 Å². The van der Waals surface area contributed by atoms with Gasteiger partial charge in [-0.1, -0.05) is 20.3 Å². The van der Waals surface area contributed by atoms with Crippen LogP contribution in [0.4, 0.5) is 11.4 Å². The van der Waals surface area contributed by atoms with E-state index in [1.54, 1.807) is 0 Å². The molecule has 1 aromatic rings. The minimum Gasteiger partial charge on any atom is -0.382 e. The topological polar surface area (TPSA) is 15.3 Å². The van der Waals surface area contributed by atoms with Crippen LogP contribution >= 0.6 is 0 Å². The van der Waals surface area contributed by atoms with Crippen molar-refractivity contribution in [3.63, 3.8) is 0 Å². The second kappa shape index (κ2) is 6.29. The fourth-order valence-corrected chi connectivity index (χ4v) is 3.79. The maximum absolute atomic E-state index is 3.76. The summed E-state index contributed by atoms with van der Waals surface area (Å²) in [5.74, 6) is 0. The van der Waals surface area contributed by atoms with E-state index in [0.29, 0.717) is 11.5 Å². The third-order valence-corrected chi connectivity index (χ3v) is 5.29. The van der Waals surface area contributed by atoms with E-state index in [1.165, 1.54) is 69.4 Å². The molecule has 1 heterocycles. The molecule has 1 atom stereocenters. The molecule has 3 rings (SSSR count). The van der Waals surface area contributed by atoms with Crippen molar-refractivity contribution >= 4 is 11.4 Å². The highest BCUT2D eigenvalue weighted by molar-refractivity contribution is 5.55. The molecule has 0 bridgehead atoms. The van der Waals surface area contributed by atoms with Crippen LogP contribution in [0.25, 0.3) is 0 Å². The first-order valence-electron chi connectivity index (χ1n) is 8.74. The Balaban J connectivity index is 1.57. The highest BCUT2D eigenvalue weighted by Gasteiger charge is 2.24. The van der Waals surface area contributed by atoms with Gasteiger partial charge in [0, 0.05) is 30.5 Å². The van der Waals surface area contributed by atoms with Gasteiger partial charge in [-0.3, -0.25) is 0 Å². The van der Waals surface area contributed by atoms with E-state index in [2.05, 4.69) is 48.3 Å². The van der Waals surface area contributed by atoms with Crippen LogP contribution < -0.4 is 10.2 Å². The van der Waals surface area contributed by atoms with Gasteiger partial charge < -0.3 is 10.2 Å². The summed E-state index contributed by atoms with van der Waals surface area (Å²) >= 11 is 0. The Morgan fingerprint density at radius 1 is 0.952 bits per heavy atom. The van der Waals surface area contributed by atoms with Crippen LogP contribution in [-0.4, -0.2) is 19.1 Å². The molecule has 21 heavy (non-hydrogen) atoms. The lowest BCUT2D eigenvalue weighted by molar-refractivity contribution is 0.313. The molecule has 1 aliphatic heterocycles. The van der Waals surface area contributed by atoms with Crippen molar-refractivity contribution in [3.05, 3.63) is 24.3 Å².